The van der Waals surface area contributed by atoms with Crippen LogP contribution >= 0.6 is 11.3 Å². The lowest BCUT2D eigenvalue weighted by atomic mass is 9.95. The molecule has 3 heterocycles. The number of aromatic nitrogens is 1. The first-order chi connectivity index (χ1) is 18.2. The number of rotatable bonds is 5. The highest BCUT2D eigenvalue weighted by molar-refractivity contribution is 7.17. The fourth-order valence-corrected chi connectivity index (χ4v) is 5.28. The molecule has 38 heavy (non-hydrogen) atoms. The van der Waals surface area contributed by atoms with Crippen molar-refractivity contribution >= 4 is 45.6 Å². The van der Waals surface area contributed by atoms with Gasteiger partial charge in [0.05, 0.1) is 29.3 Å². The molecular weight excluding hydrogens is 518 g/mol. The summed E-state index contributed by atoms with van der Waals surface area (Å²) in [6.07, 6.45) is 0. The number of benzene rings is 2. The van der Waals surface area contributed by atoms with Crippen LogP contribution in [0.15, 0.2) is 48.0 Å². The van der Waals surface area contributed by atoms with E-state index in [1.54, 1.807) is 13.0 Å². The Morgan fingerprint density at radius 3 is 2.63 bits per heavy atom. The second-order valence-electron chi connectivity index (χ2n) is 8.28. The van der Waals surface area contributed by atoms with Gasteiger partial charge in [0.1, 0.15) is 23.9 Å². The van der Waals surface area contributed by atoms with E-state index in [1.807, 2.05) is 0 Å². The van der Waals surface area contributed by atoms with Crippen molar-refractivity contribution in [1.82, 2.24) is 4.98 Å². The van der Waals surface area contributed by atoms with E-state index in [-0.39, 0.29) is 38.1 Å². The monoisotopic (exact) mass is 537 g/mol. The number of non-ortho nitro benzene ring substituents is 1. The molecule has 1 amide bonds. The van der Waals surface area contributed by atoms with Gasteiger partial charge in [-0.3, -0.25) is 24.6 Å². The number of nitrogens with zero attached hydrogens (tertiary/aromatic N) is 3. The minimum atomic E-state index is -1.28. The number of amides is 1. The smallest absolute Gasteiger partial charge is 0.350 e. The zero-order valence-electron chi connectivity index (χ0n) is 20.0. The molecule has 13 heteroatoms. The van der Waals surface area contributed by atoms with Crippen LogP contribution < -0.4 is 14.4 Å². The van der Waals surface area contributed by atoms with Gasteiger partial charge >= 0.3 is 11.9 Å². The number of thiazole rings is 1. The normalized spacial score (nSPS) is 17.9. The second kappa shape index (κ2) is 9.59. The van der Waals surface area contributed by atoms with Crippen molar-refractivity contribution in [2.45, 2.75) is 13.0 Å². The number of hydrogen-bond donors (Lipinski definition) is 1. The molecule has 1 N–H and O–H groups in total. The molecule has 3 aromatic rings. The summed E-state index contributed by atoms with van der Waals surface area (Å²) in [5.41, 5.74) is 0.0410. The van der Waals surface area contributed by atoms with Crippen LogP contribution in [0.3, 0.4) is 0 Å². The SMILES string of the molecule is COC(=O)c1sc(N2C(=O)C(=O)C(=C(O)c3ccc4c(c3)OCCO4)C2c2cccc([N+](=O)[O-])c2)nc1C. The van der Waals surface area contributed by atoms with E-state index in [9.17, 15) is 29.6 Å². The fourth-order valence-electron chi connectivity index (χ4n) is 4.27. The zero-order valence-corrected chi connectivity index (χ0v) is 20.8. The molecule has 5 rings (SSSR count). The fraction of sp³-hybridized carbons (Fsp3) is 0.200. The Morgan fingerprint density at radius 2 is 1.92 bits per heavy atom. The van der Waals surface area contributed by atoms with Gasteiger partial charge in [-0.2, -0.15) is 0 Å². The summed E-state index contributed by atoms with van der Waals surface area (Å²) in [6.45, 7) is 2.19. The molecule has 0 bridgehead atoms. The Hall–Kier alpha value is -4.78. The summed E-state index contributed by atoms with van der Waals surface area (Å²) in [7, 11) is 1.20. The van der Waals surface area contributed by atoms with Crippen molar-refractivity contribution in [3.8, 4) is 11.5 Å². The number of methoxy groups -OCH3 is 1. The summed E-state index contributed by atoms with van der Waals surface area (Å²) in [5, 5.41) is 22.8. The van der Waals surface area contributed by atoms with Crippen LogP contribution in [0.4, 0.5) is 10.8 Å². The highest BCUT2D eigenvalue weighted by Gasteiger charge is 2.48. The van der Waals surface area contributed by atoms with Crippen molar-refractivity contribution in [3.63, 3.8) is 0 Å². The number of carbonyl (C=O) groups is 3. The average Bonchev–Trinajstić information content (AvgIpc) is 3.43. The Morgan fingerprint density at radius 1 is 1.18 bits per heavy atom. The number of anilines is 1. The number of hydrogen-bond acceptors (Lipinski definition) is 11. The number of nitro benzene ring substituents is 1. The summed E-state index contributed by atoms with van der Waals surface area (Å²) in [5.74, 6) is -2.43. The number of aliphatic hydroxyl groups excluding tert-OH is 1. The van der Waals surface area contributed by atoms with Crippen LogP contribution in [-0.2, 0) is 14.3 Å². The summed E-state index contributed by atoms with van der Waals surface area (Å²) in [4.78, 5) is 55.2. The van der Waals surface area contributed by atoms with Crippen LogP contribution in [-0.4, -0.2) is 53.0 Å². The maximum Gasteiger partial charge on any atom is 0.350 e. The number of ketones is 1. The molecule has 0 aliphatic carbocycles. The number of Topliss-reactive ketones (excluding diaryl/α,β-unsaturated/α-hetero) is 1. The molecule has 2 aromatic carbocycles. The highest BCUT2D eigenvalue weighted by atomic mass is 32.1. The van der Waals surface area contributed by atoms with Gasteiger partial charge in [-0.25, -0.2) is 9.78 Å². The number of aryl methyl sites for hydroxylation is 1. The summed E-state index contributed by atoms with van der Waals surface area (Å²) in [6, 6.07) is 8.64. The first-order valence-electron chi connectivity index (χ1n) is 11.2. The van der Waals surface area contributed by atoms with Gasteiger partial charge in [0, 0.05) is 17.7 Å². The van der Waals surface area contributed by atoms with Gasteiger partial charge in [-0.05, 0) is 30.7 Å². The number of aliphatic hydroxyl groups is 1. The maximum atomic E-state index is 13.4. The molecule has 0 spiro atoms. The van der Waals surface area contributed by atoms with E-state index in [4.69, 9.17) is 14.2 Å². The lowest BCUT2D eigenvalue weighted by Crippen LogP contribution is -2.29. The topological polar surface area (TPSA) is 158 Å². The third kappa shape index (κ3) is 4.12. The van der Waals surface area contributed by atoms with Crippen molar-refractivity contribution in [2.24, 2.45) is 0 Å². The molecular formula is C25H19N3O9S. The van der Waals surface area contributed by atoms with Crippen LogP contribution in [0, 0.1) is 17.0 Å². The van der Waals surface area contributed by atoms with Crippen molar-refractivity contribution in [3.05, 3.63) is 79.8 Å². The predicted octanol–water partition coefficient (Wildman–Crippen LogP) is 3.54. The van der Waals surface area contributed by atoms with Crippen molar-refractivity contribution in [1.29, 1.82) is 0 Å². The standard InChI is InChI=1S/C25H19N3O9S/c1-12-22(24(32)35-2)38-25(26-12)27-19(13-4-3-5-15(10-13)28(33)34)18(21(30)23(27)31)20(29)14-6-7-16-17(11-14)37-9-8-36-16/h3-7,10-11,19,29H,8-9H2,1-2H3. The van der Waals surface area contributed by atoms with E-state index in [0.717, 1.165) is 16.2 Å². The van der Waals surface area contributed by atoms with Gasteiger partial charge in [0.25, 0.3) is 11.5 Å². The van der Waals surface area contributed by atoms with Gasteiger partial charge < -0.3 is 19.3 Å². The molecule has 0 saturated carbocycles. The summed E-state index contributed by atoms with van der Waals surface area (Å²) >= 11 is 0.825. The number of carbonyl (C=O) groups excluding carboxylic acids is 3. The quantitative estimate of drug-likeness (QED) is 0.127. The third-order valence-electron chi connectivity index (χ3n) is 6.02. The van der Waals surface area contributed by atoms with Gasteiger partial charge in [0.15, 0.2) is 16.6 Å². The second-order valence-corrected chi connectivity index (χ2v) is 9.26. The van der Waals surface area contributed by atoms with Gasteiger partial charge in [-0.1, -0.05) is 23.5 Å². The van der Waals surface area contributed by atoms with Crippen molar-refractivity contribution in [2.75, 3.05) is 25.2 Å². The molecule has 1 atom stereocenters. The predicted molar refractivity (Wildman–Crippen MR) is 134 cm³/mol. The minimum absolute atomic E-state index is 0.0114. The maximum absolute atomic E-state index is 13.4. The molecule has 0 radical (unpaired) electrons. The molecule has 2 aliphatic rings. The highest BCUT2D eigenvalue weighted by Crippen LogP contribution is 2.45. The van der Waals surface area contributed by atoms with E-state index in [0.29, 0.717) is 24.7 Å². The molecule has 1 fully saturated rings. The largest absolute Gasteiger partial charge is 0.507 e. The minimum Gasteiger partial charge on any atom is -0.507 e. The Bertz CT molecular complexity index is 1540. The molecule has 12 nitrogen and oxygen atoms in total. The third-order valence-corrected chi connectivity index (χ3v) is 7.16. The zero-order chi connectivity index (χ0) is 27.1. The lowest BCUT2D eigenvalue weighted by Gasteiger charge is -2.23. The number of esters is 1. The van der Waals surface area contributed by atoms with Crippen LogP contribution in [0.5, 0.6) is 11.5 Å². The first kappa shape index (κ1) is 24.9. The molecule has 1 aromatic heterocycles. The van der Waals surface area contributed by atoms with E-state index in [2.05, 4.69) is 4.98 Å². The van der Waals surface area contributed by atoms with Crippen LogP contribution in [0.2, 0.25) is 0 Å². The Kier molecular flexibility index (Phi) is 6.28. The lowest BCUT2D eigenvalue weighted by molar-refractivity contribution is -0.384. The van der Waals surface area contributed by atoms with Gasteiger partial charge in [0.2, 0.25) is 0 Å². The van der Waals surface area contributed by atoms with Crippen LogP contribution in [0.25, 0.3) is 5.76 Å². The first-order valence-corrected chi connectivity index (χ1v) is 12.0. The molecule has 1 unspecified atom stereocenters. The Balaban J connectivity index is 1.71. The van der Waals surface area contributed by atoms with Crippen molar-refractivity contribution < 1.29 is 38.6 Å². The van der Waals surface area contributed by atoms with Crippen LogP contribution in [0.1, 0.15) is 32.5 Å². The van der Waals surface area contributed by atoms with E-state index >= 15 is 0 Å². The van der Waals surface area contributed by atoms with E-state index in [1.165, 1.54) is 43.5 Å². The number of fused-ring (bicyclic) bond motifs is 1. The number of nitro groups is 1. The molecule has 1 saturated heterocycles. The summed E-state index contributed by atoms with van der Waals surface area (Å²) < 4.78 is 15.8. The average molecular weight is 538 g/mol. The molecule has 2 aliphatic heterocycles. The van der Waals surface area contributed by atoms with E-state index < -0.39 is 34.4 Å². The Labute approximate surface area is 218 Å². The molecule has 194 valence electrons. The number of ether oxygens (including phenoxy) is 3. The van der Waals surface area contributed by atoms with Gasteiger partial charge in [-0.15, -0.1) is 0 Å².